The van der Waals surface area contributed by atoms with Crippen LogP contribution < -0.4 is 4.90 Å². The standard InChI is InChI=1S/C22H23FN4O/c1-15-2-3-16(8-21(15)23)4-5-17-9-24-22(25-10-17)26-11-18-6-7-19(12-26)27(18)20-13-28-14-20/h2-3,8-10,18-20H,6-7,11-14H2,1H3. The zero-order valence-corrected chi connectivity index (χ0v) is 15.9. The summed E-state index contributed by atoms with van der Waals surface area (Å²) in [4.78, 5) is 14.0. The highest BCUT2D eigenvalue weighted by Crippen LogP contribution is 2.34. The number of fused-ring (bicyclic) bond motifs is 2. The molecule has 6 heteroatoms. The van der Waals surface area contributed by atoms with Gasteiger partial charge in [-0.1, -0.05) is 17.9 Å². The van der Waals surface area contributed by atoms with Gasteiger partial charge in [-0.05, 0) is 37.5 Å². The summed E-state index contributed by atoms with van der Waals surface area (Å²) >= 11 is 0. The molecule has 28 heavy (non-hydrogen) atoms. The van der Waals surface area contributed by atoms with Gasteiger partial charge in [-0.15, -0.1) is 0 Å². The first-order chi connectivity index (χ1) is 13.7. The van der Waals surface area contributed by atoms with Crippen LogP contribution in [0.5, 0.6) is 0 Å². The molecule has 5 nitrogen and oxygen atoms in total. The SMILES string of the molecule is Cc1ccc(C#Cc2cnc(N3CC4CCC(C3)N4C3COC3)nc2)cc1F. The minimum Gasteiger partial charge on any atom is -0.378 e. The van der Waals surface area contributed by atoms with E-state index in [1.54, 1.807) is 25.4 Å². The maximum Gasteiger partial charge on any atom is 0.225 e. The molecule has 3 fully saturated rings. The number of nitrogens with zero attached hydrogens (tertiary/aromatic N) is 4. The van der Waals surface area contributed by atoms with Crippen molar-refractivity contribution in [2.75, 3.05) is 31.2 Å². The van der Waals surface area contributed by atoms with Gasteiger partial charge in [0.15, 0.2) is 0 Å². The maximum atomic E-state index is 13.6. The van der Waals surface area contributed by atoms with Crippen LogP contribution in [0.15, 0.2) is 30.6 Å². The van der Waals surface area contributed by atoms with Crippen molar-refractivity contribution >= 4 is 5.95 Å². The van der Waals surface area contributed by atoms with Crippen LogP contribution >= 0.6 is 0 Å². The van der Waals surface area contributed by atoms with Gasteiger partial charge in [-0.2, -0.15) is 0 Å². The van der Waals surface area contributed by atoms with Crippen LogP contribution in [0.2, 0.25) is 0 Å². The first kappa shape index (κ1) is 17.6. The lowest BCUT2D eigenvalue weighted by molar-refractivity contribution is -0.0851. The van der Waals surface area contributed by atoms with Crippen LogP contribution in [0, 0.1) is 24.6 Å². The Labute approximate surface area is 164 Å². The second-order valence-electron chi connectivity index (χ2n) is 7.91. The van der Waals surface area contributed by atoms with Crippen molar-refractivity contribution in [3.63, 3.8) is 0 Å². The molecule has 0 spiro atoms. The number of aromatic nitrogens is 2. The van der Waals surface area contributed by atoms with Crippen molar-refractivity contribution in [2.45, 2.75) is 37.9 Å². The van der Waals surface area contributed by atoms with Gasteiger partial charge in [0.05, 0.1) is 24.8 Å². The van der Waals surface area contributed by atoms with Crippen molar-refractivity contribution in [3.05, 3.63) is 53.1 Å². The highest BCUT2D eigenvalue weighted by molar-refractivity contribution is 5.43. The van der Waals surface area contributed by atoms with Gasteiger partial charge >= 0.3 is 0 Å². The number of hydrogen-bond acceptors (Lipinski definition) is 5. The van der Waals surface area contributed by atoms with E-state index in [9.17, 15) is 4.39 Å². The summed E-state index contributed by atoms with van der Waals surface area (Å²) in [7, 11) is 0. The van der Waals surface area contributed by atoms with E-state index in [4.69, 9.17) is 4.74 Å². The second-order valence-corrected chi connectivity index (χ2v) is 7.91. The molecule has 0 amide bonds. The highest BCUT2D eigenvalue weighted by Gasteiger charge is 2.45. The topological polar surface area (TPSA) is 41.5 Å². The maximum absolute atomic E-state index is 13.6. The molecule has 4 heterocycles. The number of rotatable bonds is 2. The molecule has 5 rings (SSSR count). The zero-order valence-electron chi connectivity index (χ0n) is 15.9. The summed E-state index contributed by atoms with van der Waals surface area (Å²) in [6, 6.07) is 6.77. The Kier molecular flexibility index (Phi) is 4.50. The fraction of sp³-hybridized carbons (Fsp3) is 0.455. The number of anilines is 1. The largest absolute Gasteiger partial charge is 0.378 e. The summed E-state index contributed by atoms with van der Waals surface area (Å²) in [6.07, 6.45) is 6.00. The van der Waals surface area contributed by atoms with Gasteiger partial charge in [0.2, 0.25) is 5.95 Å². The molecule has 0 N–H and O–H groups in total. The monoisotopic (exact) mass is 378 g/mol. The van der Waals surface area contributed by atoms with Gasteiger partial charge in [0.25, 0.3) is 0 Å². The molecule has 0 aliphatic carbocycles. The second kappa shape index (κ2) is 7.16. The number of ether oxygens (including phenoxy) is 1. The van der Waals surface area contributed by atoms with Crippen LogP contribution in [-0.2, 0) is 4.74 Å². The number of halogens is 1. The summed E-state index contributed by atoms with van der Waals surface area (Å²) in [5.41, 5.74) is 2.01. The molecule has 2 unspecified atom stereocenters. The average molecular weight is 378 g/mol. The molecule has 2 atom stereocenters. The molecule has 3 aliphatic heterocycles. The lowest BCUT2D eigenvalue weighted by atomic mass is 10.1. The first-order valence-corrected chi connectivity index (χ1v) is 9.88. The molecule has 2 bridgehead atoms. The van der Waals surface area contributed by atoms with E-state index in [0.717, 1.165) is 37.8 Å². The summed E-state index contributed by atoms with van der Waals surface area (Å²) in [6.45, 7) is 5.44. The number of benzene rings is 1. The average Bonchev–Trinajstić information content (AvgIpc) is 2.90. The van der Waals surface area contributed by atoms with Crippen molar-refractivity contribution < 1.29 is 9.13 Å². The van der Waals surface area contributed by atoms with Gasteiger partial charge in [-0.25, -0.2) is 14.4 Å². The molecule has 144 valence electrons. The van der Waals surface area contributed by atoms with Crippen molar-refractivity contribution in [3.8, 4) is 11.8 Å². The van der Waals surface area contributed by atoms with E-state index in [-0.39, 0.29) is 5.82 Å². The van der Waals surface area contributed by atoms with Gasteiger partial charge < -0.3 is 9.64 Å². The Balaban J connectivity index is 1.27. The summed E-state index contributed by atoms with van der Waals surface area (Å²) in [5, 5.41) is 0. The fourth-order valence-electron chi connectivity index (χ4n) is 4.45. The normalized spacial score (nSPS) is 24.6. The van der Waals surface area contributed by atoms with E-state index in [1.165, 1.54) is 18.9 Å². The lowest BCUT2D eigenvalue weighted by Gasteiger charge is -2.47. The third kappa shape index (κ3) is 3.25. The quantitative estimate of drug-likeness (QED) is 0.751. The molecule has 2 aromatic rings. The molecule has 1 aromatic carbocycles. The molecular formula is C22H23FN4O. The van der Waals surface area contributed by atoms with Crippen molar-refractivity contribution in [2.24, 2.45) is 0 Å². The molecule has 3 aliphatic rings. The highest BCUT2D eigenvalue weighted by atomic mass is 19.1. The van der Waals surface area contributed by atoms with Crippen LogP contribution in [0.4, 0.5) is 10.3 Å². The van der Waals surface area contributed by atoms with E-state index in [2.05, 4.69) is 31.6 Å². The van der Waals surface area contributed by atoms with Crippen LogP contribution in [0.3, 0.4) is 0 Å². The number of hydrogen-bond donors (Lipinski definition) is 0. The molecule has 3 saturated heterocycles. The Morgan fingerprint density at radius 1 is 1.00 bits per heavy atom. The van der Waals surface area contributed by atoms with E-state index < -0.39 is 0 Å². The third-order valence-electron chi connectivity index (χ3n) is 6.02. The predicted octanol–water partition coefficient (Wildman–Crippen LogP) is 2.38. The lowest BCUT2D eigenvalue weighted by Crippen LogP contribution is -2.62. The van der Waals surface area contributed by atoms with Crippen molar-refractivity contribution in [1.82, 2.24) is 14.9 Å². The summed E-state index contributed by atoms with van der Waals surface area (Å²) in [5.74, 6) is 6.54. The van der Waals surface area contributed by atoms with E-state index in [0.29, 0.717) is 29.3 Å². The Morgan fingerprint density at radius 3 is 2.29 bits per heavy atom. The first-order valence-electron chi connectivity index (χ1n) is 9.88. The van der Waals surface area contributed by atoms with Crippen molar-refractivity contribution in [1.29, 1.82) is 0 Å². The Hall–Kier alpha value is -2.49. The van der Waals surface area contributed by atoms with E-state index >= 15 is 0 Å². The Morgan fingerprint density at radius 2 is 1.68 bits per heavy atom. The van der Waals surface area contributed by atoms with Gasteiger partial charge in [0, 0.05) is 43.1 Å². The van der Waals surface area contributed by atoms with Crippen LogP contribution in [-0.4, -0.2) is 59.3 Å². The summed E-state index contributed by atoms with van der Waals surface area (Å²) < 4.78 is 19.0. The van der Waals surface area contributed by atoms with Crippen LogP contribution in [0.25, 0.3) is 0 Å². The fourth-order valence-corrected chi connectivity index (χ4v) is 4.45. The molecule has 1 aromatic heterocycles. The predicted molar refractivity (Wildman–Crippen MR) is 105 cm³/mol. The van der Waals surface area contributed by atoms with Gasteiger partial charge in [0.1, 0.15) is 5.82 Å². The number of piperazine rings is 1. The zero-order chi connectivity index (χ0) is 19.1. The smallest absolute Gasteiger partial charge is 0.225 e. The van der Waals surface area contributed by atoms with E-state index in [1.807, 2.05) is 6.07 Å². The Bertz CT molecular complexity index is 918. The number of aryl methyl sites for hydroxylation is 1. The minimum absolute atomic E-state index is 0.236. The minimum atomic E-state index is -0.236. The molecule has 0 saturated carbocycles. The third-order valence-corrected chi connectivity index (χ3v) is 6.02. The molecule has 0 radical (unpaired) electrons. The molecular weight excluding hydrogens is 355 g/mol. The van der Waals surface area contributed by atoms with Crippen LogP contribution in [0.1, 0.15) is 29.5 Å². The van der Waals surface area contributed by atoms with Gasteiger partial charge in [-0.3, -0.25) is 4.90 Å².